The maximum absolute atomic E-state index is 11.0. The molecule has 0 aliphatic heterocycles. The van der Waals surface area contributed by atoms with Crippen molar-refractivity contribution < 1.29 is 69.5 Å². The zero-order chi connectivity index (χ0) is 17.6. The van der Waals surface area contributed by atoms with Crippen molar-refractivity contribution in [3.05, 3.63) is 0 Å². The molecule has 0 bridgehead atoms. The summed E-state index contributed by atoms with van der Waals surface area (Å²) in [6.45, 7) is 3.87. The van der Waals surface area contributed by atoms with Crippen LogP contribution in [-0.2, 0) is 10.1 Å². The fraction of sp³-hybridized carbons (Fsp3) is 1.00. The minimum atomic E-state index is -4.38. The normalized spacial score (nSPS) is 14.2. The molecule has 0 radical (unpaired) electrons. The van der Waals surface area contributed by atoms with Crippen LogP contribution >= 0.6 is 0 Å². The molecular formula is C18H37KO4S. The van der Waals surface area contributed by atoms with E-state index in [1.165, 1.54) is 57.8 Å². The van der Waals surface area contributed by atoms with Crippen molar-refractivity contribution in [1.82, 2.24) is 0 Å². The molecular weight excluding hydrogens is 351 g/mol. The predicted octanol–water partition coefficient (Wildman–Crippen LogP) is 1.77. The first-order valence-electron chi connectivity index (χ1n) is 9.56. The number of hydrogen-bond donors (Lipinski definition) is 1. The van der Waals surface area contributed by atoms with Gasteiger partial charge in [0, 0.05) is 0 Å². The number of aliphatic hydroxyl groups excluding tert-OH is 1. The molecule has 0 aromatic heterocycles. The van der Waals surface area contributed by atoms with Crippen LogP contribution in [-0.4, -0.2) is 29.4 Å². The monoisotopic (exact) mass is 388 g/mol. The van der Waals surface area contributed by atoms with Crippen LogP contribution in [0.2, 0.25) is 0 Å². The zero-order valence-corrected chi connectivity index (χ0v) is 20.1. The number of unbranched alkanes of at least 4 members (excludes halogenated alkanes) is 11. The van der Waals surface area contributed by atoms with E-state index in [4.69, 9.17) is 0 Å². The molecule has 140 valence electrons. The van der Waals surface area contributed by atoms with Gasteiger partial charge in [-0.05, 0) is 12.8 Å². The van der Waals surface area contributed by atoms with Crippen LogP contribution in [0.4, 0.5) is 0 Å². The van der Waals surface area contributed by atoms with Gasteiger partial charge in [0.2, 0.25) is 0 Å². The molecule has 0 rings (SSSR count). The summed E-state index contributed by atoms with van der Waals surface area (Å²) >= 11 is 0. The number of hydrogen-bond acceptors (Lipinski definition) is 4. The van der Waals surface area contributed by atoms with Crippen molar-refractivity contribution in [2.45, 2.75) is 115 Å². The maximum atomic E-state index is 11.0. The first kappa shape index (κ1) is 27.7. The molecule has 0 heterocycles. The van der Waals surface area contributed by atoms with Crippen LogP contribution < -0.4 is 51.4 Å². The Morgan fingerprint density at radius 1 is 0.792 bits per heavy atom. The Morgan fingerprint density at radius 3 is 1.50 bits per heavy atom. The predicted molar refractivity (Wildman–Crippen MR) is 95.5 cm³/mol. The van der Waals surface area contributed by atoms with Gasteiger partial charge in [-0.25, -0.2) is 8.42 Å². The van der Waals surface area contributed by atoms with E-state index in [-0.39, 0.29) is 57.8 Å². The van der Waals surface area contributed by atoms with Crippen molar-refractivity contribution in [2.75, 3.05) is 0 Å². The Hall–Kier alpha value is 1.51. The molecule has 2 atom stereocenters. The quantitative estimate of drug-likeness (QED) is 0.248. The van der Waals surface area contributed by atoms with E-state index in [1.807, 2.05) is 0 Å². The van der Waals surface area contributed by atoms with Gasteiger partial charge in [0.1, 0.15) is 10.1 Å². The summed E-state index contributed by atoms with van der Waals surface area (Å²) in [4.78, 5) is 0. The van der Waals surface area contributed by atoms with Crippen LogP contribution in [0.3, 0.4) is 0 Å². The Labute approximate surface area is 192 Å². The van der Waals surface area contributed by atoms with Gasteiger partial charge in [0.25, 0.3) is 0 Å². The van der Waals surface area contributed by atoms with Crippen molar-refractivity contribution in [3.8, 4) is 0 Å². The average Bonchev–Trinajstić information content (AvgIpc) is 2.47. The fourth-order valence-corrected chi connectivity index (χ4v) is 3.98. The molecule has 6 heteroatoms. The van der Waals surface area contributed by atoms with Crippen LogP contribution in [0.25, 0.3) is 0 Å². The molecule has 24 heavy (non-hydrogen) atoms. The third kappa shape index (κ3) is 15.7. The van der Waals surface area contributed by atoms with E-state index < -0.39 is 21.5 Å². The van der Waals surface area contributed by atoms with Crippen molar-refractivity contribution >= 4 is 10.1 Å². The van der Waals surface area contributed by atoms with Gasteiger partial charge in [0.05, 0.1) is 11.4 Å². The minimum absolute atomic E-state index is 0. The molecule has 0 aromatic carbocycles. The topological polar surface area (TPSA) is 77.4 Å². The average molecular weight is 389 g/mol. The smallest absolute Gasteiger partial charge is 0.748 e. The molecule has 0 spiro atoms. The Balaban J connectivity index is 0. The molecule has 4 nitrogen and oxygen atoms in total. The van der Waals surface area contributed by atoms with Crippen LogP contribution in [0.1, 0.15) is 104 Å². The molecule has 0 fully saturated rings. The SMILES string of the molecule is CCCCCCCCCCCCCCC(O)C(CC)S(=O)(=O)[O-].[K+]. The molecule has 0 aliphatic carbocycles. The third-order valence-electron chi connectivity index (χ3n) is 4.56. The van der Waals surface area contributed by atoms with Gasteiger partial charge in [-0.3, -0.25) is 0 Å². The molecule has 0 aliphatic rings. The van der Waals surface area contributed by atoms with Crippen molar-refractivity contribution in [2.24, 2.45) is 0 Å². The van der Waals surface area contributed by atoms with Crippen LogP contribution in [0, 0.1) is 0 Å². The van der Waals surface area contributed by atoms with E-state index in [0.29, 0.717) is 6.42 Å². The number of rotatable bonds is 16. The maximum Gasteiger partial charge on any atom is 1.00 e. The standard InChI is InChI=1S/C18H38O4S.K/c1-3-5-6-7-8-9-10-11-12-13-14-15-16-17(19)18(4-2)23(20,21)22;/h17-19H,3-16H2,1-2H3,(H,20,21,22);/q;+1/p-1. The van der Waals surface area contributed by atoms with E-state index >= 15 is 0 Å². The Kier molecular flexibility index (Phi) is 20.7. The van der Waals surface area contributed by atoms with Gasteiger partial charge in [-0.1, -0.05) is 90.9 Å². The largest absolute Gasteiger partial charge is 1.00 e. The van der Waals surface area contributed by atoms with Crippen molar-refractivity contribution in [1.29, 1.82) is 0 Å². The van der Waals surface area contributed by atoms with Gasteiger partial charge < -0.3 is 9.66 Å². The van der Waals surface area contributed by atoms with E-state index in [1.54, 1.807) is 6.92 Å². The van der Waals surface area contributed by atoms with Crippen LogP contribution in [0.15, 0.2) is 0 Å². The van der Waals surface area contributed by atoms with Gasteiger partial charge in [-0.15, -0.1) is 0 Å². The van der Waals surface area contributed by atoms with Crippen molar-refractivity contribution in [3.63, 3.8) is 0 Å². The minimum Gasteiger partial charge on any atom is -0.748 e. The zero-order valence-electron chi connectivity index (χ0n) is 16.1. The Morgan fingerprint density at radius 2 is 1.17 bits per heavy atom. The van der Waals surface area contributed by atoms with Gasteiger partial charge >= 0.3 is 51.4 Å². The summed E-state index contributed by atoms with van der Waals surface area (Å²) < 4.78 is 33.0. The molecule has 0 aromatic rings. The second kappa shape index (κ2) is 17.9. The van der Waals surface area contributed by atoms with Crippen LogP contribution in [0.5, 0.6) is 0 Å². The first-order valence-corrected chi connectivity index (χ1v) is 11.0. The molecule has 0 amide bonds. The fourth-order valence-electron chi connectivity index (χ4n) is 3.05. The summed E-state index contributed by atoms with van der Waals surface area (Å²) in [6.07, 6.45) is 14.4. The summed E-state index contributed by atoms with van der Waals surface area (Å²) in [7, 11) is -4.38. The summed E-state index contributed by atoms with van der Waals surface area (Å²) in [6, 6.07) is 0. The molecule has 0 saturated carbocycles. The molecule has 0 saturated heterocycles. The van der Waals surface area contributed by atoms with E-state index in [2.05, 4.69) is 6.92 Å². The van der Waals surface area contributed by atoms with Gasteiger partial charge in [-0.2, -0.15) is 0 Å². The summed E-state index contributed by atoms with van der Waals surface area (Å²) in [5, 5.41) is 8.68. The summed E-state index contributed by atoms with van der Waals surface area (Å²) in [5.41, 5.74) is 0. The molecule has 1 N–H and O–H groups in total. The third-order valence-corrected chi connectivity index (χ3v) is 5.94. The molecule has 2 unspecified atom stereocenters. The Bertz CT molecular complexity index is 360. The summed E-state index contributed by atoms with van der Waals surface area (Å²) in [5.74, 6) is 0. The van der Waals surface area contributed by atoms with E-state index in [9.17, 15) is 18.1 Å². The first-order chi connectivity index (χ1) is 10.9. The second-order valence-corrected chi connectivity index (χ2v) is 8.28. The van der Waals surface area contributed by atoms with E-state index in [0.717, 1.165) is 19.3 Å². The number of aliphatic hydroxyl groups is 1. The second-order valence-electron chi connectivity index (χ2n) is 6.68. The van der Waals surface area contributed by atoms with Gasteiger partial charge in [0.15, 0.2) is 0 Å².